The van der Waals surface area contributed by atoms with Crippen molar-refractivity contribution in [1.82, 2.24) is 0 Å². The van der Waals surface area contributed by atoms with Crippen molar-refractivity contribution in [3.05, 3.63) is 29.6 Å². The Balaban J connectivity index is 2.00. The summed E-state index contributed by atoms with van der Waals surface area (Å²) in [6.45, 7) is 0.579. The van der Waals surface area contributed by atoms with E-state index in [0.29, 0.717) is 18.1 Å². The number of benzene rings is 1. The zero-order chi connectivity index (χ0) is 12.1. The van der Waals surface area contributed by atoms with Crippen LogP contribution in [0.1, 0.15) is 37.7 Å². The Kier molecular flexibility index (Phi) is 4.03. The van der Waals surface area contributed by atoms with E-state index in [1.807, 2.05) is 0 Å². The van der Waals surface area contributed by atoms with Gasteiger partial charge in [-0.2, -0.15) is 0 Å². The first-order chi connectivity index (χ1) is 8.31. The maximum atomic E-state index is 13.6. The number of halogens is 1. The molecule has 0 unspecified atom stereocenters. The number of hydrogen-bond acceptors (Lipinski definition) is 1. The topological polar surface area (TPSA) is 9.23 Å². The van der Waals surface area contributed by atoms with E-state index in [-0.39, 0.29) is 11.6 Å². The molecule has 0 atom stereocenters. The van der Waals surface area contributed by atoms with Crippen LogP contribution in [0.3, 0.4) is 0 Å². The van der Waals surface area contributed by atoms with E-state index >= 15 is 0 Å². The van der Waals surface area contributed by atoms with Crippen molar-refractivity contribution in [3.63, 3.8) is 0 Å². The predicted octanol–water partition coefficient (Wildman–Crippen LogP) is 3.77. The summed E-state index contributed by atoms with van der Waals surface area (Å²) in [4.78, 5) is 0. The fourth-order valence-corrected chi connectivity index (χ4v) is 2.32. The number of para-hydroxylation sites is 1. The highest BCUT2D eigenvalue weighted by Crippen LogP contribution is 2.27. The standard InChI is InChI=1S/C15H17FO/c1-2-13-9-6-10-14(16)15(13)17-11-12-7-4-3-5-8-12/h1,6,9-10,12H,3-5,7-8,11H2. The maximum Gasteiger partial charge on any atom is 0.170 e. The summed E-state index contributed by atoms with van der Waals surface area (Å²) in [5, 5.41) is 0. The average Bonchev–Trinajstić information content (AvgIpc) is 2.38. The van der Waals surface area contributed by atoms with Gasteiger partial charge in [0.15, 0.2) is 11.6 Å². The van der Waals surface area contributed by atoms with Crippen LogP contribution in [0.15, 0.2) is 18.2 Å². The lowest BCUT2D eigenvalue weighted by Gasteiger charge is -2.22. The molecule has 1 aromatic carbocycles. The molecule has 90 valence electrons. The molecule has 0 heterocycles. The summed E-state index contributed by atoms with van der Waals surface area (Å²) in [6.07, 6.45) is 11.5. The number of hydrogen-bond donors (Lipinski definition) is 0. The van der Waals surface area contributed by atoms with Crippen LogP contribution in [-0.4, -0.2) is 6.61 Å². The van der Waals surface area contributed by atoms with Crippen molar-refractivity contribution >= 4 is 0 Å². The van der Waals surface area contributed by atoms with Crippen LogP contribution in [0.5, 0.6) is 5.75 Å². The lowest BCUT2D eigenvalue weighted by atomic mass is 9.90. The lowest BCUT2D eigenvalue weighted by molar-refractivity contribution is 0.202. The van der Waals surface area contributed by atoms with E-state index in [4.69, 9.17) is 11.2 Å². The second-order valence-corrected chi connectivity index (χ2v) is 4.58. The molecule has 1 nitrogen and oxygen atoms in total. The molecular weight excluding hydrogens is 215 g/mol. The molecule has 2 heteroatoms. The normalized spacial score (nSPS) is 16.5. The Morgan fingerprint density at radius 2 is 2.06 bits per heavy atom. The minimum atomic E-state index is -0.365. The molecule has 0 spiro atoms. The second kappa shape index (κ2) is 5.72. The highest BCUT2D eigenvalue weighted by atomic mass is 19.1. The van der Waals surface area contributed by atoms with E-state index < -0.39 is 0 Å². The fraction of sp³-hybridized carbons (Fsp3) is 0.467. The SMILES string of the molecule is C#Cc1cccc(F)c1OCC1CCCCC1. The van der Waals surface area contributed by atoms with E-state index in [1.165, 1.54) is 38.2 Å². The summed E-state index contributed by atoms with van der Waals surface area (Å²) in [6, 6.07) is 4.70. The van der Waals surface area contributed by atoms with Gasteiger partial charge in [0.25, 0.3) is 0 Å². The Morgan fingerprint density at radius 1 is 1.29 bits per heavy atom. The Bertz CT molecular complexity index is 413. The summed E-state index contributed by atoms with van der Waals surface area (Å²) < 4.78 is 19.2. The molecule has 0 saturated heterocycles. The van der Waals surface area contributed by atoms with Gasteiger partial charge in [-0.15, -0.1) is 6.42 Å². The fourth-order valence-electron chi connectivity index (χ4n) is 2.32. The molecule has 0 amide bonds. The van der Waals surface area contributed by atoms with Crippen LogP contribution in [0.2, 0.25) is 0 Å². The molecule has 1 aliphatic carbocycles. The van der Waals surface area contributed by atoms with E-state index in [0.717, 1.165) is 0 Å². The van der Waals surface area contributed by atoms with Crippen molar-refractivity contribution in [3.8, 4) is 18.1 Å². The third-order valence-corrected chi connectivity index (χ3v) is 3.31. The minimum Gasteiger partial charge on any atom is -0.489 e. The molecule has 0 N–H and O–H groups in total. The Hall–Kier alpha value is -1.49. The minimum absolute atomic E-state index is 0.237. The molecule has 1 aliphatic rings. The number of rotatable bonds is 3. The van der Waals surface area contributed by atoms with Gasteiger partial charge in [0.2, 0.25) is 0 Å². The Morgan fingerprint density at radius 3 is 2.76 bits per heavy atom. The average molecular weight is 232 g/mol. The number of ether oxygens (including phenoxy) is 1. The molecule has 1 saturated carbocycles. The van der Waals surface area contributed by atoms with Gasteiger partial charge >= 0.3 is 0 Å². The highest BCUT2D eigenvalue weighted by molar-refractivity contribution is 5.45. The van der Waals surface area contributed by atoms with Crippen LogP contribution in [-0.2, 0) is 0 Å². The van der Waals surface area contributed by atoms with Crippen molar-refractivity contribution < 1.29 is 9.13 Å². The van der Waals surface area contributed by atoms with Gasteiger partial charge in [0.1, 0.15) is 0 Å². The molecule has 0 bridgehead atoms. The van der Waals surface area contributed by atoms with Crippen LogP contribution in [0, 0.1) is 24.1 Å². The summed E-state index contributed by atoms with van der Waals surface area (Å²) in [5.74, 6) is 2.88. The first kappa shape index (κ1) is 12.0. The van der Waals surface area contributed by atoms with Gasteiger partial charge in [-0.05, 0) is 30.9 Å². The van der Waals surface area contributed by atoms with Crippen LogP contribution < -0.4 is 4.74 Å². The zero-order valence-corrected chi connectivity index (χ0v) is 9.92. The van der Waals surface area contributed by atoms with Crippen LogP contribution in [0.4, 0.5) is 4.39 Å². The highest BCUT2D eigenvalue weighted by Gasteiger charge is 2.16. The maximum absolute atomic E-state index is 13.6. The Labute approximate surface area is 102 Å². The second-order valence-electron chi connectivity index (χ2n) is 4.58. The third-order valence-electron chi connectivity index (χ3n) is 3.31. The summed E-state index contributed by atoms with van der Waals surface area (Å²) >= 11 is 0. The smallest absolute Gasteiger partial charge is 0.170 e. The summed E-state index contributed by atoms with van der Waals surface area (Å²) in [7, 11) is 0. The van der Waals surface area contributed by atoms with Crippen molar-refractivity contribution in [2.75, 3.05) is 6.61 Å². The van der Waals surface area contributed by atoms with E-state index in [1.54, 1.807) is 12.1 Å². The largest absolute Gasteiger partial charge is 0.489 e. The van der Waals surface area contributed by atoms with E-state index in [9.17, 15) is 4.39 Å². The van der Waals surface area contributed by atoms with Crippen molar-refractivity contribution in [2.24, 2.45) is 5.92 Å². The number of terminal acetylenes is 1. The van der Waals surface area contributed by atoms with Gasteiger partial charge < -0.3 is 4.74 Å². The molecule has 0 radical (unpaired) electrons. The van der Waals surface area contributed by atoms with Crippen LogP contribution >= 0.6 is 0 Å². The monoisotopic (exact) mass is 232 g/mol. The van der Waals surface area contributed by atoms with E-state index in [2.05, 4.69) is 5.92 Å². The first-order valence-corrected chi connectivity index (χ1v) is 6.19. The van der Waals surface area contributed by atoms with Crippen LogP contribution in [0.25, 0.3) is 0 Å². The third kappa shape index (κ3) is 3.00. The molecule has 17 heavy (non-hydrogen) atoms. The first-order valence-electron chi connectivity index (χ1n) is 6.19. The molecule has 2 rings (SSSR count). The molecule has 1 fully saturated rings. The zero-order valence-electron chi connectivity index (χ0n) is 9.92. The van der Waals surface area contributed by atoms with Gasteiger partial charge in [-0.25, -0.2) is 4.39 Å². The van der Waals surface area contributed by atoms with Crippen molar-refractivity contribution in [1.29, 1.82) is 0 Å². The van der Waals surface area contributed by atoms with Crippen molar-refractivity contribution in [2.45, 2.75) is 32.1 Å². The predicted molar refractivity (Wildman–Crippen MR) is 66.4 cm³/mol. The molecule has 0 aliphatic heterocycles. The van der Waals surface area contributed by atoms with Gasteiger partial charge in [-0.1, -0.05) is 31.2 Å². The van der Waals surface area contributed by atoms with Gasteiger partial charge in [0.05, 0.1) is 12.2 Å². The molecular formula is C15H17FO. The molecule has 1 aromatic rings. The lowest BCUT2D eigenvalue weighted by Crippen LogP contribution is -2.16. The van der Waals surface area contributed by atoms with Gasteiger partial charge in [0, 0.05) is 0 Å². The van der Waals surface area contributed by atoms with Gasteiger partial charge in [-0.3, -0.25) is 0 Å². The summed E-state index contributed by atoms with van der Waals surface area (Å²) in [5.41, 5.74) is 0.501. The quantitative estimate of drug-likeness (QED) is 0.721. The molecule has 0 aromatic heterocycles.